The molecule has 30 heavy (non-hydrogen) atoms. The van der Waals surface area contributed by atoms with Crippen LogP contribution >= 0.6 is 0 Å². The van der Waals surface area contributed by atoms with Crippen molar-refractivity contribution < 1.29 is 14.3 Å². The molecule has 0 spiro atoms. The van der Waals surface area contributed by atoms with Crippen LogP contribution in [0.1, 0.15) is 112 Å². The van der Waals surface area contributed by atoms with Crippen molar-refractivity contribution in [3.63, 3.8) is 0 Å². The maximum absolute atomic E-state index is 13.8. The van der Waals surface area contributed by atoms with E-state index in [0.717, 1.165) is 38.5 Å². The van der Waals surface area contributed by atoms with Gasteiger partial charge >= 0.3 is 5.97 Å². The van der Waals surface area contributed by atoms with Crippen molar-refractivity contribution in [2.45, 2.75) is 103 Å². The van der Waals surface area contributed by atoms with E-state index in [2.05, 4.69) is 18.7 Å². The first-order valence-corrected chi connectivity index (χ1v) is 12.2. The molecule has 1 aromatic carbocycles. The molecule has 4 heteroatoms. The maximum Gasteiger partial charge on any atom is 0.338 e. The first-order chi connectivity index (χ1) is 14.6. The van der Waals surface area contributed by atoms with E-state index < -0.39 is 0 Å². The summed E-state index contributed by atoms with van der Waals surface area (Å²) in [5.74, 6) is 0.260. The molecule has 2 aliphatic rings. The minimum Gasteiger partial charge on any atom is -0.462 e. The van der Waals surface area contributed by atoms with Crippen molar-refractivity contribution in [2.24, 2.45) is 5.92 Å². The third-order valence-electron chi connectivity index (χ3n) is 6.71. The largest absolute Gasteiger partial charge is 0.462 e. The van der Waals surface area contributed by atoms with Gasteiger partial charge in [0, 0.05) is 12.1 Å². The van der Waals surface area contributed by atoms with E-state index in [1.807, 2.05) is 18.2 Å². The third kappa shape index (κ3) is 6.09. The van der Waals surface area contributed by atoms with Crippen molar-refractivity contribution in [3.8, 4) is 0 Å². The van der Waals surface area contributed by atoms with Crippen molar-refractivity contribution in [2.75, 3.05) is 6.61 Å². The smallest absolute Gasteiger partial charge is 0.338 e. The zero-order chi connectivity index (χ0) is 21.3. The molecule has 1 aromatic rings. The number of hydrogen-bond donors (Lipinski definition) is 0. The van der Waals surface area contributed by atoms with Crippen LogP contribution in [0.5, 0.6) is 0 Å². The summed E-state index contributed by atoms with van der Waals surface area (Å²) in [4.78, 5) is 28.8. The normalized spacial score (nSPS) is 18.4. The molecule has 0 unspecified atom stereocenters. The molecule has 2 saturated carbocycles. The average Bonchev–Trinajstić information content (AvgIpc) is 2.78. The molecule has 0 bridgehead atoms. The van der Waals surface area contributed by atoms with Gasteiger partial charge in [0.1, 0.15) is 0 Å². The van der Waals surface area contributed by atoms with Crippen LogP contribution in [0, 0.1) is 5.92 Å². The summed E-state index contributed by atoms with van der Waals surface area (Å²) in [5.41, 5.74) is 0.936. The standard InChI is InChI=1S/C26H39NO3/c1-20(2)12-11-19-30-26(29)24-18-10-9-17-23(24)25(28)27(21-13-5-3-6-14-21)22-15-7-4-8-16-22/h9-10,17-18,20-22H,3-8,11-16,19H2,1-2H3. The molecule has 1 amide bonds. The monoisotopic (exact) mass is 413 g/mol. The number of ether oxygens (including phenoxy) is 1. The Morgan fingerprint density at radius 1 is 0.900 bits per heavy atom. The number of amides is 1. The van der Waals surface area contributed by atoms with Gasteiger partial charge in [-0.2, -0.15) is 0 Å². The summed E-state index contributed by atoms with van der Waals surface area (Å²) in [6, 6.07) is 7.87. The molecule has 2 fully saturated rings. The third-order valence-corrected chi connectivity index (χ3v) is 6.71. The Bertz CT molecular complexity index is 669. The van der Waals surface area contributed by atoms with Crippen LogP contribution in [0.4, 0.5) is 0 Å². The minimum atomic E-state index is -0.366. The van der Waals surface area contributed by atoms with E-state index in [1.54, 1.807) is 6.07 Å². The molecule has 4 nitrogen and oxygen atoms in total. The molecule has 0 N–H and O–H groups in total. The average molecular weight is 414 g/mol. The topological polar surface area (TPSA) is 46.6 Å². The highest BCUT2D eigenvalue weighted by Crippen LogP contribution is 2.32. The van der Waals surface area contributed by atoms with Crippen LogP contribution in [0.15, 0.2) is 24.3 Å². The highest BCUT2D eigenvalue weighted by atomic mass is 16.5. The SMILES string of the molecule is CC(C)CCCOC(=O)c1ccccc1C(=O)N(C1CCCCC1)C1CCCCC1. The van der Waals surface area contributed by atoms with Crippen molar-refractivity contribution in [1.29, 1.82) is 0 Å². The Balaban J connectivity index is 1.77. The molecule has 0 aromatic heterocycles. The Hall–Kier alpha value is -1.84. The highest BCUT2D eigenvalue weighted by molar-refractivity contribution is 6.05. The second-order valence-corrected chi connectivity index (χ2v) is 9.51. The van der Waals surface area contributed by atoms with Crippen LogP contribution < -0.4 is 0 Å². The van der Waals surface area contributed by atoms with Gasteiger partial charge in [0.25, 0.3) is 5.91 Å². The Labute approximate surface area is 182 Å². The maximum atomic E-state index is 13.8. The summed E-state index contributed by atoms with van der Waals surface area (Å²) >= 11 is 0. The van der Waals surface area contributed by atoms with Crippen LogP contribution in [0.3, 0.4) is 0 Å². The fourth-order valence-electron chi connectivity index (χ4n) is 5.07. The molecule has 2 aliphatic carbocycles. The van der Waals surface area contributed by atoms with Crippen molar-refractivity contribution >= 4 is 11.9 Å². The van der Waals surface area contributed by atoms with Crippen molar-refractivity contribution in [1.82, 2.24) is 4.90 Å². The molecule has 0 saturated heterocycles. The van der Waals surface area contributed by atoms with Gasteiger partial charge < -0.3 is 9.64 Å². The van der Waals surface area contributed by atoms with Gasteiger partial charge in [-0.05, 0) is 56.6 Å². The molecule has 166 valence electrons. The van der Waals surface area contributed by atoms with E-state index >= 15 is 0 Å². The molecule has 0 radical (unpaired) electrons. The number of esters is 1. The lowest BCUT2D eigenvalue weighted by Crippen LogP contribution is -2.49. The Morgan fingerprint density at radius 3 is 1.97 bits per heavy atom. The van der Waals surface area contributed by atoms with Gasteiger partial charge in [0.05, 0.1) is 17.7 Å². The fourth-order valence-corrected chi connectivity index (χ4v) is 5.07. The van der Waals surface area contributed by atoms with E-state index in [4.69, 9.17) is 4.74 Å². The minimum absolute atomic E-state index is 0.0310. The lowest BCUT2D eigenvalue weighted by atomic mass is 9.87. The summed E-state index contributed by atoms with van der Waals surface area (Å²) in [5, 5.41) is 0. The van der Waals surface area contributed by atoms with Crippen LogP contribution in [0.2, 0.25) is 0 Å². The number of carbonyl (C=O) groups is 2. The number of carbonyl (C=O) groups excluding carboxylic acids is 2. The summed E-state index contributed by atoms with van der Waals surface area (Å²) < 4.78 is 5.53. The quantitative estimate of drug-likeness (QED) is 0.366. The molecular formula is C26H39NO3. The number of benzene rings is 1. The predicted molar refractivity (Wildman–Crippen MR) is 121 cm³/mol. The lowest BCUT2D eigenvalue weighted by molar-refractivity contribution is 0.0422. The molecule has 3 rings (SSSR count). The Morgan fingerprint density at radius 2 is 1.43 bits per heavy atom. The fraction of sp³-hybridized carbons (Fsp3) is 0.692. The van der Waals surface area contributed by atoms with Gasteiger partial charge in [0.15, 0.2) is 0 Å². The van der Waals surface area contributed by atoms with Crippen molar-refractivity contribution in [3.05, 3.63) is 35.4 Å². The second kappa shape index (κ2) is 11.5. The highest BCUT2D eigenvalue weighted by Gasteiger charge is 2.34. The predicted octanol–water partition coefficient (Wildman–Crippen LogP) is 6.39. The first kappa shape index (κ1) is 22.8. The van der Waals surface area contributed by atoms with Gasteiger partial charge in [-0.25, -0.2) is 4.79 Å². The lowest BCUT2D eigenvalue weighted by Gasteiger charge is -2.42. The first-order valence-electron chi connectivity index (χ1n) is 12.2. The van der Waals surface area contributed by atoms with E-state index in [1.165, 1.54) is 38.5 Å². The zero-order valence-electron chi connectivity index (χ0n) is 18.9. The van der Waals surface area contributed by atoms with Gasteiger partial charge in [-0.15, -0.1) is 0 Å². The summed E-state index contributed by atoms with van der Waals surface area (Å²) in [6.07, 6.45) is 13.6. The molecular weight excluding hydrogens is 374 g/mol. The molecule has 0 aliphatic heterocycles. The van der Waals surface area contributed by atoms with Crippen LogP contribution in [-0.2, 0) is 4.74 Å². The summed E-state index contributed by atoms with van der Waals surface area (Å²) in [7, 11) is 0. The molecule has 0 heterocycles. The second-order valence-electron chi connectivity index (χ2n) is 9.51. The van der Waals surface area contributed by atoms with Gasteiger partial charge in [-0.1, -0.05) is 64.5 Å². The molecule has 0 atom stereocenters. The van der Waals surface area contributed by atoms with Gasteiger partial charge in [0.2, 0.25) is 0 Å². The van der Waals surface area contributed by atoms with Crippen LogP contribution in [-0.4, -0.2) is 35.5 Å². The zero-order valence-corrected chi connectivity index (χ0v) is 18.9. The van der Waals surface area contributed by atoms with E-state index in [0.29, 0.717) is 35.7 Å². The number of nitrogens with zero attached hydrogens (tertiary/aromatic N) is 1. The van der Waals surface area contributed by atoms with Crippen LogP contribution in [0.25, 0.3) is 0 Å². The Kier molecular flexibility index (Phi) is 8.77. The number of hydrogen-bond acceptors (Lipinski definition) is 3. The summed E-state index contributed by atoms with van der Waals surface area (Å²) in [6.45, 7) is 4.75. The van der Waals surface area contributed by atoms with E-state index in [-0.39, 0.29) is 11.9 Å². The number of rotatable bonds is 8. The van der Waals surface area contributed by atoms with Gasteiger partial charge in [-0.3, -0.25) is 4.79 Å². The van der Waals surface area contributed by atoms with E-state index in [9.17, 15) is 9.59 Å².